The highest BCUT2D eigenvalue weighted by molar-refractivity contribution is 8.18. The van der Waals surface area contributed by atoms with Crippen LogP contribution in [0.1, 0.15) is 18.1 Å². The first kappa shape index (κ1) is 28.5. The molecule has 1 fully saturated rings. The lowest BCUT2D eigenvalue weighted by Gasteiger charge is -2.14. The molecule has 3 amide bonds. The summed E-state index contributed by atoms with van der Waals surface area (Å²) in [6.45, 7) is 1.23. The minimum Gasteiger partial charge on any atom is -0.493 e. The summed E-state index contributed by atoms with van der Waals surface area (Å²) in [7, 11) is -2.93. The Balaban J connectivity index is 1.58. The van der Waals surface area contributed by atoms with E-state index < -0.39 is 21.3 Å². The van der Waals surface area contributed by atoms with Crippen molar-refractivity contribution in [2.24, 2.45) is 0 Å². The molecule has 1 N–H and O–H groups in total. The zero-order valence-corrected chi connectivity index (χ0v) is 23.6. The normalized spacial score (nSPS) is 14.6. The molecule has 9 nitrogen and oxygen atoms in total. The topological polar surface area (TPSA) is 119 Å². The lowest BCUT2D eigenvalue weighted by molar-refractivity contribution is -0.123. The second kappa shape index (κ2) is 11.7. The van der Waals surface area contributed by atoms with Crippen molar-refractivity contribution in [3.8, 4) is 11.5 Å². The van der Waals surface area contributed by atoms with Gasteiger partial charge in [-0.15, -0.1) is 0 Å². The van der Waals surface area contributed by atoms with Crippen LogP contribution in [0.2, 0.25) is 10.0 Å². The van der Waals surface area contributed by atoms with E-state index in [1.165, 1.54) is 56.5 Å². The number of carbonyl (C=O) groups is 3. The number of imide groups is 1. The Hall–Kier alpha value is -3.51. The molecule has 0 radical (unpaired) electrons. The van der Waals surface area contributed by atoms with Crippen LogP contribution in [-0.2, 0) is 26.3 Å². The van der Waals surface area contributed by atoms with Crippen LogP contribution in [0.4, 0.5) is 10.5 Å². The predicted octanol–water partition coefficient (Wildman–Crippen LogP) is 5.96. The molecular weight excluding hydrogens is 587 g/mol. The molecule has 1 saturated heterocycles. The number of rotatable bonds is 8. The van der Waals surface area contributed by atoms with Gasteiger partial charge in [0.25, 0.3) is 11.1 Å². The van der Waals surface area contributed by atoms with E-state index in [4.69, 9.17) is 32.1 Å². The zero-order chi connectivity index (χ0) is 28.3. The lowest BCUT2D eigenvalue weighted by atomic mass is 10.1. The molecule has 3 aromatic carbocycles. The second-order valence-corrected chi connectivity index (χ2v) is 11.5. The second-order valence-electron chi connectivity index (χ2n) is 8.12. The number of carbonyl (C=O) groups excluding carboxylic acids is 3. The third-order valence-corrected chi connectivity index (χ3v) is 8.26. The molecule has 1 heterocycles. The maximum absolute atomic E-state index is 13.0. The van der Waals surface area contributed by atoms with Crippen molar-refractivity contribution < 1.29 is 31.7 Å². The third kappa shape index (κ3) is 6.56. The SMILES string of the molecule is COc1ccc(/C=C2\SC(=O)N(Cc3c(Cl)cccc3Cl)C2=O)cc1OS(=O)(=O)c1ccc(NC(C)=O)cc1. The molecule has 3 aromatic rings. The highest BCUT2D eigenvalue weighted by Crippen LogP contribution is 2.37. The van der Waals surface area contributed by atoms with Gasteiger partial charge in [0.15, 0.2) is 11.5 Å². The van der Waals surface area contributed by atoms with Crippen LogP contribution in [0.25, 0.3) is 6.08 Å². The van der Waals surface area contributed by atoms with Crippen LogP contribution >= 0.6 is 35.0 Å². The van der Waals surface area contributed by atoms with Crippen molar-refractivity contribution in [3.63, 3.8) is 0 Å². The maximum Gasteiger partial charge on any atom is 0.339 e. The molecule has 0 atom stereocenters. The van der Waals surface area contributed by atoms with Gasteiger partial charge in [-0.05, 0) is 71.9 Å². The minimum atomic E-state index is -4.28. The fraction of sp³-hybridized carbons (Fsp3) is 0.115. The van der Waals surface area contributed by atoms with Crippen molar-refractivity contribution >= 4 is 73.9 Å². The molecule has 0 aliphatic carbocycles. The molecular formula is C26H20Cl2N2O7S2. The van der Waals surface area contributed by atoms with E-state index in [1.807, 2.05) is 0 Å². The van der Waals surface area contributed by atoms with Gasteiger partial charge in [0.05, 0.1) is 18.6 Å². The van der Waals surface area contributed by atoms with E-state index >= 15 is 0 Å². The van der Waals surface area contributed by atoms with Crippen LogP contribution in [-0.4, -0.2) is 37.5 Å². The molecule has 202 valence electrons. The summed E-state index contributed by atoms with van der Waals surface area (Å²) in [5.74, 6) is -0.841. The Kier molecular flexibility index (Phi) is 8.55. The number of hydrogen-bond donors (Lipinski definition) is 1. The van der Waals surface area contributed by atoms with E-state index in [2.05, 4.69) is 5.32 Å². The first-order chi connectivity index (χ1) is 18.5. The molecule has 1 aliphatic rings. The Labute approximate surface area is 238 Å². The largest absolute Gasteiger partial charge is 0.493 e. The van der Waals surface area contributed by atoms with Gasteiger partial charge in [-0.2, -0.15) is 8.42 Å². The van der Waals surface area contributed by atoms with Gasteiger partial charge in [-0.25, -0.2) is 0 Å². The summed E-state index contributed by atoms with van der Waals surface area (Å²) in [4.78, 5) is 37.8. The lowest BCUT2D eigenvalue weighted by Crippen LogP contribution is -2.27. The molecule has 0 aromatic heterocycles. The van der Waals surface area contributed by atoms with Crippen LogP contribution in [0.3, 0.4) is 0 Å². The van der Waals surface area contributed by atoms with Gasteiger partial charge in [0, 0.05) is 28.2 Å². The van der Waals surface area contributed by atoms with Crippen molar-refractivity contribution in [3.05, 3.63) is 86.7 Å². The number of hydrogen-bond acceptors (Lipinski definition) is 8. The Morgan fingerprint density at radius 3 is 2.31 bits per heavy atom. The minimum absolute atomic E-state index is 0.101. The number of amides is 3. The first-order valence-electron chi connectivity index (χ1n) is 11.2. The van der Waals surface area contributed by atoms with Crippen molar-refractivity contribution in [2.45, 2.75) is 18.4 Å². The summed E-state index contributed by atoms with van der Waals surface area (Å²) in [5, 5.41) is 2.70. The summed E-state index contributed by atoms with van der Waals surface area (Å²) >= 11 is 13.1. The van der Waals surface area contributed by atoms with Crippen LogP contribution in [0.5, 0.6) is 11.5 Å². The molecule has 39 heavy (non-hydrogen) atoms. The molecule has 13 heteroatoms. The van der Waals surface area contributed by atoms with Gasteiger partial charge in [0.2, 0.25) is 5.91 Å². The zero-order valence-electron chi connectivity index (χ0n) is 20.4. The molecule has 0 saturated carbocycles. The van der Waals surface area contributed by atoms with Gasteiger partial charge >= 0.3 is 10.1 Å². The van der Waals surface area contributed by atoms with Gasteiger partial charge in [-0.3, -0.25) is 19.3 Å². The van der Waals surface area contributed by atoms with E-state index in [9.17, 15) is 22.8 Å². The van der Waals surface area contributed by atoms with Gasteiger partial charge < -0.3 is 14.2 Å². The smallest absolute Gasteiger partial charge is 0.339 e. The Bertz CT molecular complexity index is 1590. The number of ether oxygens (including phenoxy) is 1. The van der Waals surface area contributed by atoms with Crippen molar-refractivity contribution in [1.29, 1.82) is 0 Å². The molecule has 0 spiro atoms. The summed E-state index contributed by atoms with van der Waals surface area (Å²) in [6, 6.07) is 14.8. The quantitative estimate of drug-likeness (QED) is 0.246. The Morgan fingerprint density at radius 2 is 1.69 bits per heavy atom. The Morgan fingerprint density at radius 1 is 1.03 bits per heavy atom. The highest BCUT2D eigenvalue weighted by atomic mass is 35.5. The molecule has 0 bridgehead atoms. The van der Waals surface area contributed by atoms with Gasteiger partial charge in [0.1, 0.15) is 4.90 Å². The number of thioether (sulfide) groups is 1. The first-order valence-corrected chi connectivity index (χ1v) is 14.1. The summed E-state index contributed by atoms with van der Waals surface area (Å²) in [5.41, 5.74) is 1.26. The summed E-state index contributed by atoms with van der Waals surface area (Å²) < 4.78 is 36.4. The number of anilines is 1. The average Bonchev–Trinajstić information content (AvgIpc) is 3.13. The highest BCUT2D eigenvalue weighted by Gasteiger charge is 2.36. The number of methoxy groups -OCH3 is 1. The number of halogens is 2. The summed E-state index contributed by atoms with van der Waals surface area (Å²) in [6.07, 6.45) is 1.44. The van der Waals surface area contributed by atoms with Crippen LogP contribution in [0, 0.1) is 0 Å². The molecule has 4 rings (SSSR count). The maximum atomic E-state index is 13.0. The van der Waals surface area contributed by atoms with Gasteiger partial charge in [-0.1, -0.05) is 35.3 Å². The van der Waals surface area contributed by atoms with Crippen LogP contribution in [0.15, 0.2) is 70.5 Å². The van der Waals surface area contributed by atoms with Crippen molar-refractivity contribution in [1.82, 2.24) is 4.90 Å². The predicted molar refractivity (Wildman–Crippen MR) is 150 cm³/mol. The number of nitrogens with one attached hydrogen (secondary N) is 1. The monoisotopic (exact) mass is 606 g/mol. The number of nitrogens with zero attached hydrogens (tertiary/aromatic N) is 1. The van der Waals surface area contributed by atoms with Crippen LogP contribution < -0.4 is 14.2 Å². The average molecular weight is 607 g/mol. The van der Waals surface area contributed by atoms with E-state index in [1.54, 1.807) is 24.3 Å². The third-order valence-electron chi connectivity index (χ3n) is 5.40. The van der Waals surface area contributed by atoms with E-state index in [-0.39, 0.29) is 33.8 Å². The fourth-order valence-corrected chi connectivity index (χ4v) is 5.84. The fourth-order valence-electron chi connectivity index (χ4n) is 3.55. The number of benzene rings is 3. The molecule has 1 aliphatic heterocycles. The van der Waals surface area contributed by atoms with E-state index in [0.29, 0.717) is 26.9 Å². The standard InChI is InChI=1S/C26H20Cl2N2O7S2/c1-15(31)29-17-7-9-18(10-8-17)39(34,35)37-23-12-16(6-11-22(23)36-2)13-24-25(32)30(26(33)38-24)14-19-20(27)4-3-5-21(19)28/h3-13H,14H2,1-2H3,(H,29,31)/b24-13-. The molecule has 0 unspecified atom stereocenters. The van der Waals surface area contributed by atoms with E-state index in [0.717, 1.165) is 16.7 Å². The van der Waals surface area contributed by atoms with Crippen molar-refractivity contribution in [2.75, 3.05) is 12.4 Å².